The molecule has 0 radical (unpaired) electrons. The lowest BCUT2D eigenvalue weighted by molar-refractivity contribution is -0.122. The van der Waals surface area contributed by atoms with Gasteiger partial charge >= 0.3 is 0 Å². The Hall–Kier alpha value is -1.66. The average Bonchev–Trinajstić information content (AvgIpc) is 2.48. The molecule has 0 saturated carbocycles. The third kappa shape index (κ3) is 4.15. The third-order valence-electron chi connectivity index (χ3n) is 3.40. The first-order chi connectivity index (χ1) is 10.1. The Morgan fingerprint density at radius 3 is 2.67 bits per heavy atom. The van der Waals surface area contributed by atoms with Crippen LogP contribution >= 0.6 is 11.6 Å². The van der Waals surface area contributed by atoms with Crippen molar-refractivity contribution in [2.24, 2.45) is 0 Å². The summed E-state index contributed by atoms with van der Waals surface area (Å²) >= 11 is 6.02. The van der Waals surface area contributed by atoms with Gasteiger partial charge in [-0.05, 0) is 13.0 Å². The molecular formula is C14H19ClN4O2. The Morgan fingerprint density at radius 2 is 2.05 bits per heavy atom. The van der Waals surface area contributed by atoms with Crippen molar-refractivity contribution in [3.63, 3.8) is 0 Å². The zero-order valence-electron chi connectivity index (χ0n) is 12.0. The Balaban J connectivity index is 1.88. The summed E-state index contributed by atoms with van der Waals surface area (Å²) in [5.41, 5.74) is 0.427. The molecule has 0 bridgehead atoms. The van der Waals surface area contributed by atoms with Gasteiger partial charge in [0.05, 0.1) is 17.1 Å². The molecule has 0 spiro atoms. The zero-order chi connectivity index (χ0) is 15.2. The lowest BCUT2D eigenvalue weighted by Gasteiger charge is -2.34. The number of nitrogens with one attached hydrogen (secondary N) is 1. The normalized spacial score (nSPS) is 15.8. The highest BCUT2D eigenvalue weighted by molar-refractivity contribution is 6.33. The number of halogens is 1. The summed E-state index contributed by atoms with van der Waals surface area (Å²) in [7, 11) is 0. The molecule has 0 aromatic carbocycles. The van der Waals surface area contributed by atoms with Crippen molar-refractivity contribution >= 4 is 23.4 Å². The van der Waals surface area contributed by atoms with Crippen LogP contribution in [0.1, 0.15) is 17.3 Å². The lowest BCUT2D eigenvalue weighted by Crippen LogP contribution is -2.51. The molecule has 2 rings (SSSR count). The van der Waals surface area contributed by atoms with E-state index in [4.69, 9.17) is 11.6 Å². The maximum atomic E-state index is 12.4. The second-order valence-corrected chi connectivity index (χ2v) is 5.28. The minimum Gasteiger partial charge on any atom is -0.355 e. The summed E-state index contributed by atoms with van der Waals surface area (Å²) < 4.78 is 0. The highest BCUT2D eigenvalue weighted by Gasteiger charge is 2.24. The third-order valence-corrected chi connectivity index (χ3v) is 3.73. The number of rotatable bonds is 4. The van der Waals surface area contributed by atoms with Crippen molar-refractivity contribution in [2.45, 2.75) is 6.92 Å². The van der Waals surface area contributed by atoms with Crippen LogP contribution in [0.2, 0.25) is 5.02 Å². The van der Waals surface area contributed by atoms with Crippen LogP contribution in [0.25, 0.3) is 0 Å². The minimum absolute atomic E-state index is 0.0209. The fraction of sp³-hybridized carbons (Fsp3) is 0.500. The lowest BCUT2D eigenvalue weighted by atomic mass is 10.2. The van der Waals surface area contributed by atoms with E-state index in [9.17, 15) is 9.59 Å². The topological polar surface area (TPSA) is 65.5 Å². The molecule has 0 aliphatic carbocycles. The van der Waals surface area contributed by atoms with Gasteiger partial charge in [-0.25, -0.2) is 0 Å². The van der Waals surface area contributed by atoms with E-state index in [1.165, 1.54) is 6.20 Å². The summed E-state index contributed by atoms with van der Waals surface area (Å²) in [4.78, 5) is 31.6. The fourth-order valence-electron chi connectivity index (χ4n) is 2.27. The van der Waals surface area contributed by atoms with Gasteiger partial charge < -0.3 is 10.2 Å². The number of piperazine rings is 1. The summed E-state index contributed by atoms with van der Waals surface area (Å²) in [5.74, 6) is -0.0849. The Labute approximate surface area is 129 Å². The van der Waals surface area contributed by atoms with Crippen molar-refractivity contribution < 1.29 is 9.59 Å². The predicted molar refractivity (Wildman–Crippen MR) is 80.3 cm³/mol. The van der Waals surface area contributed by atoms with Crippen LogP contribution in [0.4, 0.5) is 0 Å². The van der Waals surface area contributed by atoms with E-state index in [0.717, 1.165) is 0 Å². The monoisotopic (exact) mass is 310 g/mol. The smallest absolute Gasteiger partial charge is 0.257 e. The molecule has 1 aromatic rings. The van der Waals surface area contributed by atoms with E-state index < -0.39 is 0 Å². The molecule has 6 nitrogen and oxygen atoms in total. The standard InChI is InChI=1S/C14H19ClN4O2/c1-2-17-13(20)10-18-5-7-19(8-6-18)14(21)11-9-16-4-3-12(11)15/h3-4,9H,2,5-8,10H2,1H3,(H,17,20). The number of amides is 2. The number of carbonyl (C=O) groups is 2. The van der Waals surface area contributed by atoms with Crippen molar-refractivity contribution in [3.05, 3.63) is 29.0 Å². The number of carbonyl (C=O) groups excluding carboxylic acids is 2. The zero-order valence-corrected chi connectivity index (χ0v) is 12.8. The van der Waals surface area contributed by atoms with Gasteiger partial charge in [-0.3, -0.25) is 19.5 Å². The molecule has 2 heterocycles. The number of pyridine rings is 1. The van der Waals surface area contributed by atoms with E-state index in [2.05, 4.69) is 10.3 Å². The second-order valence-electron chi connectivity index (χ2n) is 4.88. The summed E-state index contributed by atoms with van der Waals surface area (Å²) in [6.07, 6.45) is 3.05. The quantitative estimate of drug-likeness (QED) is 0.886. The van der Waals surface area contributed by atoms with Crippen LogP contribution in [0, 0.1) is 0 Å². The van der Waals surface area contributed by atoms with Gasteiger partial charge in [-0.2, -0.15) is 0 Å². The van der Waals surface area contributed by atoms with Crippen molar-refractivity contribution in [1.82, 2.24) is 20.1 Å². The van der Waals surface area contributed by atoms with E-state index in [1.807, 2.05) is 11.8 Å². The molecular weight excluding hydrogens is 292 g/mol. The van der Waals surface area contributed by atoms with Crippen molar-refractivity contribution in [2.75, 3.05) is 39.3 Å². The molecule has 2 amide bonds. The first-order valence-electron chi connectivity index (χ1n) is 6.99. The van der Waals surface area contributed by atoms with Gasteiger partial charge in [0.2, 0.25) is 5.91 Å². The predicted octanol–water partition coefficient (Wildman–Crippen LogP) is 0.629. The highest BCUT2D eigenvalue weighted by atomic mass is 35.5. The molecule has 0 atom stereocenters. The van der Waals surface area contributed by atoms with Gasteiger partial charge in [-0.15, -0.1) is 0 Å². The van der Waals surface area contributed by atoms with Crippen molar-refractivity contribution in [3.8, 4) is 0 Å². The molecule has 1 N–H and O–H groups in total. The van der Waals surface area contributed by atoms with Gasteiger partial charge in [0, 0.05) is 45.1 Å². The van der Waals surface area contributed by atoms with Crippen LogP contribution in [0.3, 0.4) is 0 Å². The SMILES string of the molecule is CCNC(=O)CN1CCN(C(=O)c2cnccc2Cl)CC1. The molecule has 21 heavy (non-hydrogen) atoms. The first-order valence-corrected chi connectivity index (χ1v) is 7.37. The number of hydrogen-bond donors (Lipinski definition) is 1. The van der Waals surface area contributed by atoms with Gasteiger partial charge in [0.25, 0.3) is 5.91 Å². The van der Waals surface area contributed by atoms with Gasteiger partial charge in [-0.1, -0.05) is 11.6 Å². The summed E-state index contributed by atoms with van der Waals surface area (Å²) in [6.45, 7) is 5.45. The number of hydrogen-bond acceptors (Lipinski definition) is 4. The second kappa shape index (κ2) is 7.38. The van der Waals surface area contributed by atoms with E-state index >= 15 is 0 Å². The first kappa shape index (κ1) is 15.7. The summed E-state index contributed by atoms with van der Waals surface area (Å²) in [6, 6.07) is 1.61. The molecule has 1 saturated heterocycles. The van der Waals surface area contributed by atoms with Crippen LogP contribution < -0.4 is 5.32 Å². The number of nitrogens with zero attached hydrogens (tertiary/aromatic N) is 3. The fourth-order valence-corrected chi connectivity index (χ4v) is 2.46. The Kier molecular flexibility index (Phi) is 5.52. The average molecular weight is 311 g/mol. The van der Waals surface area contributed by atoms with Crippen LogP contribution in [0.15, 0.2) is 18.5 Å². The van der Waals surface area contributed by atoms with Crippen LogP contribution in [-0.4, -0.2) is 65.9 Å². The highest BCUT2D eigenvalue weighted by Crippen LogP contribution is 2.16. The van der Waals surface area contributed by atoms with Crippen LogP contribution in [0.5, 0.6) is 0 Å². The number of aromatic nitrogens is 1. The largest absolute Gasteiger partial charge is 0.355 e. The molecule has 114 valence electrons. The Morgan fingerprint density at radius 1 is 1.33 bits per heavy atom. The molecule has 7 heteroatoms. The van der Waals surface area contributed by atoms with Crippen molar-refractivity contribution in [1.29, 1.82) is 0 Å². The molecule has 1 aliphatic rings. The molecule has 1 aromatic heterocycles. The maximum absolute atomic E-state index is 12.4. The van der Waals surface area contributed by atoms with Gasteiger partial charge in [0.1, 0.15) is 0 Å². The van der Waals surface area contributed by atoms with Gasteiger partial charge in [0.15, 0.2) is 0 Å². The molecule has 1 aliphatic heterocycles. The Bertz CT molecular complexity index is 515. The summed E-state index contributed by atoms with van der Waals surface area (Å²) in [5, 5.41) is 3.19. The molecule has 0 unspecified atom stereocenters. The van der Waals surface area contributed by atoms with Crippen LogP contribution in [-0.2, 0) is 4.79 Å². The van der Waals surface area contributed by atoms with E-state index in [-0.39, 0.29) is 11.8 Å². The minimum atomic E-state index is -0.106. The van der Waals surface area contributed by atoms with E-state index in [0.29, 0.717) is 49.9 Å². The van der Waals surface area contributed by atoms with E-state index in [1.54, 1.807) is 17.2 Å². The molecule has 1 fully saturated rings. The maximum Gasteiger partial charge on any atom is 0.257 e. The number of likely N-dealkylation sites (N-methyl/N-ethyl adjacent to an activating group) is 1.